The summed E-state index contributed by atoms with van der Waals surface area (Å²) in [5.74, 6) is -0.659. The molecule has 2 heterocycles. The summed E-state index contributed by atoms with van der Waals surface area (Å²) in [5.41, 5.74) is 1.72. The van der Waals surface area contributed by atoms with E-state index < -0.39 is 11.8 Å². The molecule has 3 rings (SSSR count). The van der Waals surface area contributed by atoms with Crippen LogP contribution in [0.1, 0.15) is 16.1 Å². The highest BCUT2D eigenvalue weighted by Gasteiger charge is 2.09. The second kappa shape index (κ2) is 5.85. The van der Waals surface area contributed by atoms with Gasteiger partial charge in [-0.25, -0.2) is 14.2 Å². The van der Waals surface area contributed by atoms with E-state index in [4.69, 9.17) is 4.74 Å². The van der Waals surface area contributed by atoms with Crippen LogP contribution in [0.15, 0.2) is 48.8 Å². The number of aromatic nitrogens is 2. The molecule has 0 saturated carbocycles. The maximum atomic E-state index is 13.5. The maximum absolute atomic E-state index is 13.5. The number of imidazole rings is 1. The Kier molecular flexibility index (Phi) is 3.74. The van der Waals surface area contributed by atoms with Gasteiger partial charge in [-0.05, 0) is 24.3 Å². The summed E-state index contributed by atoms with van der Waals surface area (Å²) < 4.78 is 25.3. The average Bonchev–Trinajstić information content (AvgIpc) is 2.95. The number of benzene rings is 1. The summed E-state index contributed by atoms with van der Waals surface area (Å²) in [6, 6.07) is 9.53. The van der Waals surface area contributed by atoms with E-state index in [1.54, 1.807) is 47.1 Å². The van der Waals surface area contributed by atoms with Crippen LogP contribution in [0.5, 0.6) is 5.75 Å². The molecule has 0 amide bonds. The summed E-state index contributed by atoms with van der Waals surface area (Å²) in [6.45, 7) is 0.135. The number of carbonyl (C=O) groups is 1. The highest BCUT2D eigenvalue weighted by atomic mass is 19.1. The Hall–Kier alpha value is -2.89. The van der Waals surface area contributed by atoms with Crippen molar-refractivity contribution in [1.82, 2.24) is 9.38 Å². The minimum Gasteiger partial charge on any atom is -0.484 e. The number of methoxy groups -OCH3 is 1. The molecule has 0 radical (unpaired) electrons. The molecule has 0 bridgehead atoms. The van der Waals surface area contributed by atoms with Crippen LogP contribution >= 0.6 is 0 Å². The van der Waals surface area contributed by atoms with E-state index in [0.29, 0.717) is 16.9 Å². The molecule has 1 aromatic carbocycles. The largest absolute Gasteiger partial charge is 0.484 e. The Bertz CT molecular complexity index is 829. The van der Waals surface area contributed by atoms with Crippen molar-refractivity contribution in [1.29, 1.82) is 0 Å². The lowest BCUT2D eigenvalue weighted by Gasteiger charge is -2.04. The number of carbonyl (C=O) groups excluding carboxylic acids is 1. The summed E-state index contributed by atoms with van der Waals surface area (Å²) in [6.07, 6.45) is 3.35. The third-order valence-electron chi connectivity index (χ3n) is 3.13. The number of pyridine rings is 1. The van der Waals surface area contributed by atoms with Crippen LogP contribution in [0.25, 0.3) is 5.65 Å². The molecular formula is C16H13FN2O3. The van der Waals surface area contributed by atoms with Crippen LogP contribution in [0.2, 0.25) is 0 Å². The quantitative estimate of drug-likeness (QED) is 0.695. The Labute approximate surface area is 125 Å². The van der Waals surface area contributed by atoms with Crippen molar-refractivity contribution in [2.24, 2.45) is 0 Å². The first-order valence-corrected chi connectivity index (χ1v) is 6.60. The first kappa shape index (κ1) is 14.1. The van der Waals surface area contributed by atoms with E-state index in [1.165, 1.54) is 13.2 Å². The van der Waals surface area contributed by atoms with Crippen LogP contribution < -0.4 is 4.74 Å². The number of fused-ring (bicyclic) bond motifs is 1. The predicted molar refractivity (Wildman–Crippen MR) is 77.3 cm³/mol. The topological polar surface area (TPSA) is 52.8 Å². The molecule has 0 aliphatic carbocycles. The van der Waals surface area contributed by atoms with Gasteiger partial charge in [0.2, 0.25) is 0 Å². The van der Waals surface area contributed by atoms with E-state index in [0.717, 1.165) is 0 Å². The number of ether oxygens (including phenoxy) is 2. The third kappa shape index (κ3) is 2.76. The standard InChI is InChI=1S/C16H13FN2O3/c1-21-16(20)11-6-7-15-18-12(9-19(15)8-11)10-22-14-5-3-2-4-13(14)17/h2-9H,10H2,1H3. The summed E-state index contributed by atoms with van der Waals surface area (Å²) in [4.78, 5) is 15.8. The fourth-order valence-corrected chi connectivity index (χ4v) is 2.07. The zero-order valence-corrected chi connectivity index (χ0v) is 11.8. The van der Waals surface area contributed by atoms with E-state index in [-0.39, 0.29) is 12.4 Å². The number of halogens is 1. The first-order chi connectivity index (χ1) is 10.7. The molecule has 0 saturated heterocycles. The van der Waals surface area contributed by atoms with Gasteiger partial charge in [-0.15, -0.1) is 0 Å². The van der Waals surface area contributed by atoms with Crippen LogP contribution in [-0.2, 0) is 11.3 Å². The minimum atomic E-state index is -0.417. The fourth-order valence-electron chi connectivity index (χ4n) is 2.07. The second-order valence-electron chi connectivity index (χ2n) is 4.63. The number of rotatable bonds is 4. The zero-order chi connectivity index (χ0) is 15.5. The molecule has 5 nitrogen and oxygen atoms in total. The lowest BCUT2D eigenvalue weighted by Crippen LogP contribution is -2.02. The average molecular weight is 300 g/mol. The molecule has 0 fully saturated rings. The van der Waals surface area contributed by atoms with Crippen molar-refractivity contribution in [3.63, 3.8) is 0 Å². The molecule has 6 heteroatoms. The minimum absolute atomic E-state index is 0.135. The molecule has 3 aromatic rings. The highest BCUT2D eigenvalue weighted by molar-refractivity contribution is 5.89. The number of esters is 1. The molecule has 0 unspecified atom stereocenters. The van der Waals surface area contributed by atoms with Gasteiger partial charge in [0.15, 0.2) is 11.6 Å². The molecular weight excluding hydrogens is 287 g/mol. The fraction of sp³-hybridized carbons (Fsp3) is 0.125. The van der Waals surface area contributed by atoms with Crippen molar-refractivity contribution >= 4 is 11.6 Å². The maximum Gasteiger partial charge on any atom is 0.339 e. The van der Waals surface area contributed by atoms with Crippen LogP contribution in [0.3, 0.4) is 0 Å². The molecule has 0 aliphatic rings. The summed E-state index contributed by atoms with van der Waals surface area (Å²) in [7, 11) is 1.33. The zero-order valence-electron chi connectivity index (χ0n) is 11.8. The molecule has 2 aromatic heterocycles. The summed E-state index contributed by atoms with van der Waals surface area (Å²) in [5, 5.41) is 0. The van der Waals surface area contributed by atoms with Crippen molar-refractivity contribution in [3.05, 3.63) is 65.9 Å². The lowest BCUT2D eigenvalue weighted by atomic mass is 10.3. The number of para-hydroxylation sites is 1. The Morgan fingerprint density at radius 3 is 2.82 bits per heavy atom. The van der Waals surface area contributed by atoms with Gasteiger partial charge in [0, 0.05) is 12.4 Å². The molecule has 0 atom stereocenters. The van der Waals surface area contributed by atoms with E-state index in [9.17, 15) is 9.18 Å². The SMILES string of the molecule is COC(=O)c1ccc2nc(COc3ccccc3F)cn2c1. The molecule has 0 spiro atoms. The van der Waals surface area contributed by atoms with Crippen molar-refractivity contribution in [2.75, 3.05) is 7.11 Å². The number of hydrogen-bond acceptors (Lipinski definition) is 4. The van der Waals surface area contributed by atoms with Crippen molar-refractivity contribution in [3.8, 4) is 5.75 Å². The van der Waals surface area contributed by atoms with Gasteiger partial charge < -0.3 is 13.9 Å². The van der Waals surface area contributed by atoms with E-state index in [1.807, 2.05) is 0 Å². The van der Waals surface area contributed by atoms with Crippen molar-refractivity contribution in [2.45, 2.75) is 6.61 Å². The van der Waals surface area contributed by atoms with Gasteiger partial charge in [-0.1, -0.05) is 12.1 Å². The van der Waals surface area contributed by atoms with Gasteiger partial charge in [0.05, 0.1) is 18.4 Å². The van der Waals surface area contributed by atoms with Gasteiger partial charge in [0.25, 0.3) is 0 Å². The molecule has 0 aliphatic heterocycles. The molecule has 0 N–H and O–H groups in total. The predicted octanol–water partition coefficient (Wildman–Crippen LogP) is 2.84. The summed E-state index contributed by atoms with van der Waals surface area (Å²) >= 11 is 0. The molecule has 22 heavy (non-hydrogen) atoms. The van der Waals surface area contributed by atoms with E-state index >= 15 is 0 Å². The number of nitrogens with zero attached hydrogens (tertiary/aromatic N) is 2. The van der Waals surface area contributed by atoms with Crippen LogP contribution in [0, 0.1) is 5.82 Å². The van der Waals surface area contributed by atoms with Crippen molar-refractivity contribution < 1.29 is 18.7 Å². The Morgan fingerprint density at radius 1 is 1.23 bits per heavy atom. The van der Waals surface area contributed by atoms with E-state index in [2.05, 4.69) is 9.72 Å². The third-order valence-corrected chi connectivity index (χ3v) is 3.13. The van der Waals surface area contributed by atoms with Gasteiger partial charge in [0.1, 0.15) is 12.3 Å². The van der Waals surface area contributed by atoms with Gasteiger partial charge in [-0.3, -0.25) is 0 Å². The van der Waals surface area contributed by atoms with Gasteiger partial charge >= 0.3 is 5.97 Å². The first-order valence-electron chi connectivity index (χ1n) is 6.60. The Morgan fingerprint density at radius 2 is 2.05 bits per heavy atom. The smallest absolute Gasteiger partial charge is 0.339 e. The normalized spacial score (nSPS) is 10.6. The number of hydrogen-bond donors (Lipinski definition) is 0. The molecule has 112 valence electrons. The second-order valence-corrected chi connectivity index (χ2v) is 4.63. The lowest BCUT2D eigenvalue weighted by molar-refractivity contribution is 0.0600. The van der Waals surface area contributed by atoms with Crippen LogP contribution in [-0.4, -0.2) is 22.5 Å². The van der Waals surface area contributed by atoms with Gasteiger partial charge in [-0.2, -0.15) is 0 Å². The van der Waals surface area contributed by atoms with Crippen LogP contribution in [0.4, 0.5) is 4.39 Å². The monoisotopic (exact) mass is 300 g/mol. The highest BCUT2D eigenvalue weighted by Crippen LogP contribution is 2.17. The Balaban J connectivity index is 1.80.